The highest BCUT2D eigenvalue weighted by Gasteiger charge is 2.19. The molecule has 0 radical (unpaired) electrons. The Morgan fingerprint density at radius 3 is 2.55 bits per heavy atom. The summed E-state index contributed by atoms with van der Waals surface area (Å²) < 4.78 is 31.4. The Labute approximate surface area is 126 Å². The monoisotopic (exact) mass is 335 g/mol. The Hall–Kier alpha value is -1.31. The lowest BCUT2D eigenvalue weighted by molar-refractivity contribution is 0.423. The van der Waals surface area contributed by atoms with Gasteiger partial charge in [0.25, 0.3) is 10.0 Å². The number of hydrogen-bond acceptors (Lipinski definition) is 5. The van der Waals surface area contributed by atoms with E-state index in [9.17, 15) is 8.42 Å². The van der Waals surface area contributed by atoms with Crippen molar-refractivity contribution in [2.75, 3.05) is 4.72 Å². The molecule has 0 aromatic carbocycles. The highest BCUT2D eigenvalue weighted by Crippen LogP contribution is 2.24. The number of nitrogens with one attached hydrogen (secondary N) is 1. The molecule has 0 aliphatic heterocycles. The van der Waals surface area contributed by atoms with E-state index in [2.05, 4.69) is 14.9 Å². The minimum atomic E-state index is -3.85. The average Bonchev–Trinajstić information content (AvgIpc) is 2.80. The molecule has 6 nitrogen and oxygen atoms in total. The van der Waals surface area contributed by atoms with Crippen molar-refractivity contribution in [2.24, 2.45) is 0 Å². The minimum Gasteiger partial charge on any atom is -0.338 e. The molecular formula is C11H11Cl2N3O3S. The van der Waals surface area contributed by atoms with Crippen LogP contribution in [0, 0.1) is 0 Å². The fourth-order valence-electron chi connectivity index (χ4n) is 1.35. The number of anilines is 1. The summed E-state index contributed by atoms with van der Waals surface area (Å²) in [5, 5.41) is 3.85. The number of aromatic nitrogens is 2. The van der Waals surface area contributed by atoms with Crippen molar-refractivity contribution in [1.29, 1.82) is 0 Å². The van der Waals surface area contributed by atoms with Crippen LogP contribution in [0.25, 0.3) is 0 Å². The second-order valence-electron chi connectivity index (χ2n) is 4.32. The maximum absolute atomic E-state index is 12.1. The predicted molar refractivity (Wildman–Crippen MR) is 75.7 cm³/mol. The number of pyridine rings is 1. The van der Waals surface area contributed by atoms with Crippen LogP contribution in [-0.4, -0.2) is 18.6 Å². The molecule has 2 rings (SSSR count). The third-order valence-corrected chi connectivity index (χ3v) is 4.44. The first-order chi connectivity index (χ1) is 9.29. The molecule has 1 N–H and O–H groups in total. The Balaban J connectivity index is 2.28. The summed E-state index contributed by atoms with van der Waals surface area (Å²) in [7, 11) is -3.85. The number of halogens is 2. The number of rotatable bonds is 4. The van der Waals surface area contributed by atoms with Gasteiger partial charge in [-0.05, 0) is 12.0 Å². The molecule has 0 amide bonds. The molecule has 0 bridgehead atoms. The molecule has 0 spiro atoms. The van der Waals surface area contributed by atoms with Gasteiger partial charge in [0.15, 0.2) is 0 Å². The fraction of sp³-hybridized carbons (Fsp3) is 0.273. The fourth-order valence-corrected chi connectivity index (χ4v) is 2.63. The van der Waals surface area contributed by atoms with Crippen LogP contribution in [-0.2, 0) is 10.0 Å². The smallest absolute Gasteiger partial charge is 0.265 e. The van der Waals surface area contributed by atoms with Gasteiger partial charge in [0, 0.05) is 12.3 Å². The summed E-state index contributed by atoms with van der Waals surface area (Å²) in [6, 6.07) is 2.73. The highest BCUT2D eigenvalue weighted by atomic mass is 35.5. The molecule has 2 heterocycles. The van der Waals surface area contributed by atoms with Crippen LogP contribution in [0.2, 0.25) is 10.2 Å². The van der Waals surface area contributed by atoms with Gasteiger partial charge >= 0.3 is 0 Å². The Bertz CT molecular complexity index is 728. The predicted octanol–water partition coefficient (Wildman–Crippen LogP) is 3.30. The van der Waals surface area contributed by atoms with Gasteiger partial charge in [0.1, 0.15) is 10.0 Å². The van der Waals surface area contributed by atoms with Gasteiger partial charge in [0.2, 0.25) is 5.88 Å². The van der Waals surface area contributed by atoms with E-state index in [0.717, 1.165) is 6.20 Å². The van der Waals surface area contributed by atoms with E-state index in [-0.39, 0.29) is 26.9 Å². The Morgan fingerprint density at radius 2 is 2.00 bits per heavy atom. The van der Waals surface area contributed by atoms with Crippen LogP contribution in [0.15, 0.2) is 27.7 Å². The molecule has 0 unspecified atom stereocenters. The lowest BCUT2D eigenvalue weighted by Gasteiger charge is -2.05. The van der Waals surface area contributed by atoms with Crippen LogP contribution in [0.4, 0.5) is 5.88 Å². The molecule has 0 saturated carbocycles. The molecule has 0 aliphatic rings. The van der Waals surface area contributed by atoms with Crippen molar-refractivity contribution < 1.29 is 12.9 Å². The lowest BCUT2D eigenvalue weighted by Crippen LogP contribution is -2.12. The maximum atomic E-state index is 12.1. The Kier molecular flexibility index (Phi) is 4.22. The topological polar surface area (TPSA) is 85.1 Å². The van der Waals surface area contributed by atoms with Crippen LogP contribution < -0.4 is 4.72 Å². The molecule has 9 heteroatoms. The molecule has 2 aromatic heterocycles. The second kappa shape index (κ2) is 5.59. The van der Waals surface area contributed by atoms with E-state index in [0.29, 0.717) is 5.69 Å². The van der Waals surface area contributed by atoms with E-state index in [4.69, 9.17) is 27.7 Å². The van der Waals surface area contributed by atoms with Gasteiger partial charge in [0.05, 0.1) is 10.7 Å². The molecule has 0 atom stereocenters. The first-order valence-corrected chi connectivity index (χ1v) is 7.84. The van der Waals surface area contributed by atoms with Gasteiger partial charge in [-0.2, -0.15) is 0 Å². The molecular weight excluding hydrogens is 325 g/mol. The standard InChI is InChI=1S/C11H11Cl2N3O3S/c1-6(2)9-4-10(19-15-9)16-20(17,18)7-3-8(12)11(13)14-5-7/h3-6,16H,1-2H3. The first-order valence-electron chi connectivity index (χ1n) is 5.60. The average molecular weight is 336 g/mol. The zero-order valence-corrected chi connectivity index (χ0v) is 12.9. The zero-order valence-electron chi connectivity index (χ0n) is 10.6. The van der Waals surface area contributed by atoms with E-state index >= 15 is 0 Å². The SMILES string of the molecule is CC(C)c1cc(NS(=O)(=O)c2cnc(Cl)c(Cl)c2)on1. The van der Waals surface area contributed by atoms with Gasteiger partial charge in [-0.3, -0.25) is 0 Å². The van der Waals surface area contributed by atoms with Crippen LogP contribution in [0.5, 0.6) is 0 Å². The van der Waals surface area contributed by atoms with Crippen molar-refractivity contribution >= 4 is 39.1 Å². The summed E-state index contributed by atoms with van der Waals surface area (Å²) in [6.07, 6.45) is 1.11. The van der Waals surface area contributed by atoms with E-state index < -0.39 is 10.0 Å². The maximum Gasteiger partial charge on any atom is 0.265 e. The summed E-state index contributed by atoms with van der Waals surface area (Å²) >= 11 is 11.4. The summed E-state index contributed by atoms with van der Waals surface area (Å²) in [5.41, 5.74) is 0.648. The minimum absolute atomic E-state index is 0.0276. The van der Waals surface area contributed by atoms with Crippen molar-refractivity contribution in [2.45, 2.75) is 24.7 Å². The number of sulfonamides is 1. The molecule has 0 fully saturated rings. The molecule has 2 aromatic rings. The van der Waals surface area contributed by atoms with Gasteiger partial charge in [-0.25, -0.2) is 18.1 Å². The molecule has 0 saturated heterocycles. The third-order valence-electron chi connectivity index (χ3n) is 2.44. The van der Waals surface area contributed by atoms with E-state index in [1.165, 1.54) is 12.1 Å². The quantitative estimate of drug-likeness (QED) is 0.866. The van der Waals surface area contributed by atoms with Crippen LogP contribution in [0.1, 0.15) is 25.5 Å². The van der Waals surface area contributed by atoms with Crippen molar-refractivity contribution in [3.05, 3.63) is 34.2 Å². The van der Waals surface area contributed by atoms with Crippen molar-refractivity contribution in [3.8, 4) is 0 Å². The van der Waals surface area contributed by atoms with E-state index in [1.807, 2.05) is 13.8 Å². The van der Waals surface area contributed by atoms with Crippen LogP contribution >= 0.6 is 23.2 Å². The highest BCUT2D eigenvalue weighted by molar-refractivity contribution is 7.92. The summed E-state index contributed by atoms with van der Waals surface area (Å²) in [4.78, 5) is 3.57. The Morgan fingerprint density at radius 1 is 1.30 bits per heavy atom. The molecule has 20 heavy (non-hydrogen) atoms. The van der Waals surface area contributed by atoms with Crippen molar-refractivity contribution in [1.82, 2.24) is 10.1 Å². The first kappa shape index (κ1) is 15.1. The third kappa shape index (κ3) is 3.23. The van der Waals surface area contributed by atoms with Crippen LogP contribution in [0.3, 0.4) is 0 Å². The van der Waals surface area contributed by atoms with Crippen molar-refractivity contribution in [3.63, 3.8) is 0 Å². The summed E-state index contributed by atoms with van der Waals surface area (Å²) in [5.74, 6) is 0.156. The molecule has 0 aliphatic carbocycles. The zero-order chi connectivity index (χ0) is 14.9. The second-order valence-corrected chi connectivity index (χ2v) is 6.77. The number of hydrogen-bond donors (Lipinski definition) is 1. The normalized spacial score (nSPS) is 11.8. The molecule has 108 valence electrons. The lowest BCUT2D eigenvalue weighted by atomic mass is 10.1. The van der Waals surface area contributed by atoms with E-state index in [1.54, 1.807) is 0 Å². The summed E-state index contributed by atoms with van der Waals surface area (Å²) in [6.45, 7) is 3.83. The van der Waals surface area contributed by atoms with Gasteiger partial charge in [-0.1, -0.05) is 42.2 Å². The number of nitrogens with zero attached hydrogens (tertiary/aromatic N) is 2. The van der Waals surface area contributed by atoms with Gasteiger partial charge in [-0.15, -0.1) is 0 Å². The largest absolute Gasteiger partial charge is 0.338 e. The van der Waals surface area contributed by atoms with Gasteiger partial charge < -0.3 is 4.52 Å².